The Bertz CT molecular complexity index is 228. The Balaban J connectivity index is 2.16. The Kier molecular flexibility index (Phi) is 2.15. The van der Waals surface area contributed by atoms with Crippen molar-refractivity contribution in [3.63, 3.8) is 0 Å². The van der Waals surface area contributed by atoms with E-state index in [0.717, 1.165) is 24.8 Å². The summed E-state index contributed by atoms with van der Waals surface area (Å²) in [5.74, 6) is -0.0492. The first kappa shape index (κ1) is 7.84. The second-order valence-electron chi connectivity index (χ2n) is 3.57. The number of hydrogen-bond acceptors (Lipinski definition) is 2. The van der Waals surface area contributed by atoms with Gasteiger partial charge < -0.3 is 4.74 Å². The first-order valence-corrected chi connectivity index (χ1v) is 4.76. The van der Waals surface area contributed by atoms with Gasteiger partial charge in [-0.1, -0.05) is 12.8 Å². The molecule has 2 rings (SSSR count). The van der Waals surface area contributed by atoms with Crippen LogP contribution >= 0.6 is 0 Å². The summed E-state index contributed by atoms with van der Waals surface area (Å²) >= 11 is 0. The van der Waals surface area contributed by atoms with Crippen molar-refractivity contribution in [2.24, 2.45) is 0 Å². The number of rotatable bonds is 0. The van der Waals surface area contributed by atoms with E-state index < -0.39 is 0 Å². The molecule has 0 saturated carbocycles. The van der Waals surface area contributed by atoms with Crippen molar-refractivity contribution in [3.8, 4) is 0 Å². The van der Waals surface area contributed by atoms with Crippen LogP contribution < -0.4 is 0 Å². The molecule has 0 atom stereocenters. The molecule has 0 unspecified atom stereocenters. The van der Waals surface area contributed by atoms with Crippen molar-refractivity contribution >= 4 is 5.97 Å². The maximum Gasteiger partial charge on any atom is 0.334 e. The van der Waals surface area contributed by atoms with E-state index in [0.29, 0.717) is 6.61 Å². The molecule has 12 heavy (non-hydrogen) atoms. The van der Waals surface area contributed by atoms with E-state index in [1.807, 2.05) is 0 Å². The first-order chi connectivity index (χ1) is 5.88. The Morgan fingerprint density at radius 1 is 1.00 bits per heavy atom. The molecule has 66 valence electrons. The number of carbonyl (C=O) groups is 1. The average Bonchev–Trinajstić information content (AvgIpc) is 2.31. The van der Waals surface area contributed by atoms with Crippen LogP contribution in [0.5, 0.6) is 0 Å². The second-order valence-corrected chi connectivity index (χ2v) is 3.57. The topological polar surface area (TPSA) is 26.3 Å². The maximum atomic E-state index is 11.2. The van der Waals surface area contributed by atoms with Gasteiger partial charge in [-0.25, -0.2) is 4.79 Å². The predicted octanol–water partition coefficient (Wildman–Crippen LogP) is 2.19. The Labute approximate surface area is 72.6 Å². The Morgan fingerprint density at radius 3 is 2.58 bits per heavy atom. The van der Waals surface area contributed by atoms with Crippen LogP contribution in [0.4, 0.5) is 0 Å². The van der Waals surface area contributed by atoms with E-state index in [9.17, 15) is 4.79 Å². The lowest BCUT2D eigenvalue weighted by molar-refractivity contribution is -0.136. The highest BCUT2D eigenvalue weighted by Crippen LogP contribution is 2.28. The molecule has 0 spiro atoms. The predicted molar refractivity (Wildman–Crippen MR) is 45.7 cm³/mol. The molecule has 1 aliphatic heterocycles. The highest BCUT2D eigenvalue weighted by atomic mass is 16.5. The second kappa shape index (κ2) is 3.30. The van der Waals surface area contributed by atoms with Crippen LogP contribution in [0.25, 0.3) is 0 Å². The number of cyclic esters (lactones) is 1. The van der Waals surface area contributed by atoms with Gasteiger partial charge in [0.1, 0.15) is 6.61 Å². The summed E-state index contributed by atoms with van der Waals surface area (Å²) in [6, 6.07) is 0. The molecular formula is C10H14O2. The van der Waals surface area contributed by atoms with Gasteiger partial charge in [-0.05, 0) is 31.3 Å². The van der Waals surface area contributed by atoms with Crippen molar-refractivity contribution < 1.29 is 9.53 Å². The average molecular weight is 166 g/mol. The van der Waals surface area contributed by atoms with E-state index >= 15 is 0 Å². The standard InChI is InChI=1S/C10H14O2/c11-10-9-6-4-2-1-3-5-8(9)7-12-10/h1-7H2. The third kappa shape index (κ3) is 1.38. The van der Waals surface area contributed by atoms with Crippen LogP contribution in [0.3, 0.4) is 0 Å². The molecule has 0 N–H and O–H groups in total. The quantitative estimate of drug-likeness (QED) is 0.516. The van der Waals surface area contributed by atoms with Gasteiger partial charge in [0.15, 0.2) is 0 Å². The molecule has 2 aliphatic rings. The highest BCUT2D eigenvalue weighted by Gasteiger charge is 2.24. The first-order valence-electron chi connectivity index (χ1n) is 4.76. The molecule has 0 fully saturated rings. The minimum absolute atomic E-state index is 0.0492. The molecule has 0 aromatic heterocycles. The van der Waals surface area contributed by atoms with E-state index in [-0.39, 0.29) is 5.97 Å². The van der Waals surface area contributed by atoms with Gasteiger partial charge >= 0.3 is 5.97 Å². The van der Waals surface area contributed by atoms with Gasteiger partial charge in [-0.3, -0.25) is 0 Å². The summed E-state index contributed by atoms with van der Waals surface area (Å²) in [5, 5.41) is 0. The SMILES string of the molecule is O=C1OCC2=C1CCCCCC2. The molecule has 0 amide bonds. The summed E-state index contributed by atoms with van der Waals surface area (Å²) in [5.41, 5.74) is 2.27. The number of hydrogen-bond donors (Lipinski definition) is 0. The monoisotopic (exact) mass is 166 g/mol. The van der Waals surface area contributed by atoms with E-state index in [1.54, 1.807) is 0 Å². The van der Waals surface area contributed by atoms with Gasteiger partial charge in [0.2, 0.25) is 0 Å². The molecule has 0 bridgehead atoms. The zero-order valence-electron chi connectivity index (χ0n) is 7.27. The smallest absolute Gasteiger partial charge is 0.334 e. The summed E-state index contributed by atoms with van der Waals surface area (Å²) < 4.78 is 5.00. The third-order valence-electron chi connectivity index (χ3n) is 2.71. The van der Waals surface area contributed by atoms with Crippen LogP contribution in [0, 0.1) is 0 Å². The van der Waals surface area contributed by atoms with Crippen molar-refractivity contribution in [3.05, 3.63) is 11.1 Å². The van der Waals surface area contributed by atoms with Crippen molar-refractivity contribution in [2.75, 3.05) is 6.61 Å². The lowest BCUT2D eigenvalue weighted by atomic mass is 9.95. The van der Waals surface area contributed by atoms with Crippen LogP contribution in [-0.2, 0) is 9.53 Å². The van der Waals surface area contributed by atoms with E-state index in [2.05, 4.69) is 0 Å². The molecule has 1 aliphatic carbocycles. The summed E-state index contributed by atoms with van der Waals surface area (Å²) in [6.45, 7) is 0.578. The molecule has 0 aromatic carbocycles. The highest BCUT2D eigenvalue weighted by molar-refractivity contribution is 5.91. The maximum absolute atomic E-state index is 11.2. The molecule has 0 radical (unpaired) electrons. The largest absolute Gasteiger partial charge is 0.458 e. The van der Waals surface area contributed by atoms with Crippen LogP contribution in [0.15, 0.2) is 11.1 Å². The van der Waals surface area contributed by atoms with Crippen molar-refractivity contribution in [2.45, 2.75) is 38.5 Å². The fourth-order valence-corrected chi connectivity index (χ4v) is 1.97. The minimum atomic E-state index is -0.0492. The summed E-state index contributed by atoms with van der Waals surface area (Å²) in [4.78, 5) is 11.2. The molecule has 2 nitrogen and oxygen atoms in total. The fraction of sp³-hybridized carbons (Fsp3) is 0.700. The molecule has 0 saturated heterocycles. The van der Waals surface area contributed by atoms with Crippen molar-refractivity contribution in [1.82, 2.24) is 0 Å². The van der Waals surface area contributed by atoms with Gasteiger partial charge in [-0.2, -0.15) is 0 Å². The minimum Gasteiger partial charge on any atom is -0.458 e. The number of esters is 1. The molecular weight excluding hydrogens is 152 g/mol. The van der Waals surface area contributed by atoms with E-state index in [4.69, 9.17) is 4.74 Å². The van der Waals surface area contributed by atoms with E-state index in [1.165, 1.54) is 24.8 Å². The Morgan fingerprint density at radius 2 is 1.75 bits per heavy atom. The number of carbonyl (C=O) groups excluding carboxylic acids is 1. The molecule has 0 aromatic rings. The molecule has 2 heteroatoms. The van der Waals surface area contributed by atoms with Gasteiger partial charge in [0.25, 0.3) is 0 Å². The lowest BCUT2D eigenvalue weighted by Crippen LogP contribution is -2.00. The third-order valence-corrected chi connectivity index (χ3v) is 2.71. The zero-order valence-corrected chi connectivity index (χ0v) is 7.27. The summed E-state index contributed by atoms with van der Waals surface area (Å²) in [6.07, 6.45) is 7.01. The normalized spacial score (nSPS) is 24.5. The van der Waals surface area contributed by atoms with Gasteiger partial charge in [0, 0.05) is 5.57 Å². The van der Waals surface area contributed by atoms with Crippen molar-refractivity contribution in [1.29, 1.82) is 0 Å². The summed E-state index contributed by atoms with van der Waals surface area (Å²) in [7, 11) is 0. The zero-order chi connectivity index (χ0) is 8.39. The van der Waals surface area contributed by atoms with Gasteiger partial charge in [-0.15, -0.1) is 0 Å². The Hall–Kier alpha value is -0.790. The lowest BCUT2D eigenvalue weighted by Gasteiger charge is -2.07. The number of ether oxygens (including phenoxy) is 1. The van der Waals surface area contributed by atoms with Crippen LogP contribution in [0.1, 0.15) is 38.5 Å². The van der Waals surface area contributed by atoms with Crippen LogP contribution in [-0.4, -0.2) is 12.6 Å². The fourth-order valence-electron chi connectivity index (χ4n) is 1.97. The van der Waals surface area contributed by atoms with Crippen LogP contribution in [0.2, 0.25) is 0 Å². The van der Waals surface area contributed by atoms with Gasteiger partial charge in [0.05, 0.1) is 0 Å². The molecule has 1 heterocycles.